The van der Waals surface area contributed by atoms with Gasteiger partial charge in [-0.1, -0.05) is 20.8 Å². The molecule has 0 radical (unpaired) electrons. The Morgan fingerprint density at radius 3 is 2.54 bits per heavy atom. The Hall–Kier alpha value is -0.770. The Morgan fingerprint density at radius 2 is 2.15 bits per heavy atom. The van der Waals surface area contributed by atoms with Crippen molar-refractivity contribution in [3.63, 3.8) is 0 Å². The van der Waals surface area contributed by atoms with Gasteiger partial charge < -0.3 is 10.6 Å². The molecule has 1 rings (SSSR count). The summed E-state index contributed by atoms with van der Waals surface area (Å²) in [5.74, 6) is 0.612. The van der Waals surface area contributed by atoms with Crippen LogP contribution in [-0.4, -0.2) is 18.0 Å². The summed E-state index contributed by atoms with van der Waals surface area (Å²) in [4.78, 5) is 2.19. The third-order valence-electron chi connectivity index (χ3n) is 1.60. The van der Waals surface area contributed by atoms with Gasteiger partial charge in [0.25, 0.3) is 0 Å². The quantitative estimate of drug-likeness (QED) is 0.794. The van der Waals surface area contributed by atoms with Crippen LogP contribution in [0.15, 0.2) is 6.07 Å². The van der Waals surface area contributed by atoms with Crippen LogP contribution >= 0.6 is 11.5 Å². The Balaban J connectivity index is 2.64. The molecule has 0 saturated heterocycles. The van der Waals surface area contributed by atoms with Crippen LogP contribution < -0.4 is 10.6 Å². The molecule has 2 N–H and O–H groups in total. The zero-order valence-corrected chi connectivity index (χ0v) is 9.48. The molecule has 0 saturated carbocycles. The molecular weight excluding hydrogens is 182 g/mol. The van der Waals surface area contributed by atoms with Crippen molar-refractivity contribution in [2.75, 3.05) is 24.2 Å². The highest BCUT2D eigenvalue weighted by Gasteiger charge is 2.15. The molecule has 0 unspecified atom stereocenters. The van der Waals surface area contributed by atoms with Gasteiger partial charge in [0.05, 0.1) is 0 Å². The summed E-state index contributed by atoms with van der Waals surface area (Å²) < 4.78 is 4.05. The van der Waals surface area contributed by atoms with Gasteiger partial charge in [0.2, 0.25) is 0 Å². The number of anilines is 2. The summed E-state index contributed by atoms with van der Waals surface area (Å²) in [7, 11) is 2.07. The molecule has 1 heterocycles. The van der Waals surface area contributed by atoms with Gasteiger partial charge in [-0.15, -0.1) is 0 Å². The van der Waals surface area contributed by atoms with Crippen LogP contribution in [0, 0.1) is 5.41 Å². The third-order valence-corrected chi connectivity index (χ3v) is 2.52. The molecule has 0 atom stereocenters. The SMILES string of the molecule is CN(CC(C)(C)C)c1cc(N)ns1. The number of nitrogen functional groups attached to an aromatic ring is 1. The number of aromatic nitrogens is 1. The zero-order valence-electron chi connectivity index (χ0n) is 8.66. The van der Waals surface area contributed by atoms with Crippen LogP contribution in [0.1, 0.15) is 20.8 Å². The van der Waals surface area contributed by atoms with Gasteiger partial charge in [-0.25, -0.2) is 0 Å². The number of nitrogens with two attached hydrogens (primary N) is 1. The molecule has 0 aromatic carbocycles. The monoisotopic (exact) mass is 199 g/mol. The first-order valence-electron chi connectivity index (χ1n) is 4.32. The highest BCUT2D eigenvalue weighted by molar-refractivity contribution is 7.10. The number of hydrogen-bond acceptors (Lipinski definition) is 4. The van der Waals surface area contributed by atoms with Gasteiger partial charge in [0.1, 0.15) is 10.8 Å². The van der Waals surface area contributed by atoms with Crippen LogP contribution in [-0.2, 0) is 0 Å². The predicted molar refractivity (Wildman–Crippen MR) is 59.3 cm³/mol. The molecule has 0 bridgehead atoms. The highest BCUT2D eigenvalue weighted by Crippen LogP contribution is 2.25. The average molecular weight is 199 g/mol. The first-order valence-corrected chi connectivity index (χ1v) is 5.09. The zero-order chi connectivity index (χ0) is 10.1. The summed E-state index contributed by atoms with van der Waals surface area (Å²) in [5.41, 5.74) is 5.85. The maximum atomic E-state index is 5.55. The van der Waals surface area contributed by atoms with Crippen LogP contribution in [0.3, 0.4) is 0 Å². The van der Waals surface area contributed by atoms with E-state index in [0.717, 1.165) is 11.5 Å². The molecule has 0 spiro atoms. The first-order chi connectivity index (χ1) is 5.88. The van der Waals surface area contributed by atoms with E-state index in [1.165, 1.54) is 11.5 Å². The van der Waals surface area contributed by atoms with Crippen LogP contribution in [0.4, 0.5) is 10.8 Å². The highest BCUT2D eigenvalue weighted by atomic mass is 32.1. The molecule has 1 aromatic heterocycles. The van der Waals surface area contributed by atoms with E-state index in [0.29, 0.717) is 11.2 Å². The van der Waals surface area contributed by atoms with Crippen LogP contribution in [0.25, 0.3) is 0 Å². The van der Waals surface area contributed by atoms with E-state index in [-0.39, 0.29) is 0 Å². The molecule has 13 heavy (non-hydrogen) atoms. The summed E-state index contributed by atoms with van der Waals surface area (Å²) in [6.07, 6.45) is 0. The fourth-order valence-electron chi connectivity index (χ4n) is 1.25. The summed E-state index contributed by atoms with van der Waals surface area (Å²) in [6, 6.07) is 1.91. The fourth-order valence-corrected chi connectivity index (χ4v) is 1.88. The van der Waals surface area contributed by atoms with Gasteiger partial charge in [0, 0.05) is 19.7 Å². The molecular formula is C9H17N3S. The van der Waals surface area contributed by atoms with Crippen molar-refractivity contribution < 1.29 is 0 Å². The second-order valence-corrected chi connectivity index (χ2v) is 5.29. The van der Waals surface area contributed by atoms with Gasteiger partial charge >= 0.3 is 0 Å². The largest absolute Gasteiger partial charge is 0.383 e. The Bertz CT molecular complexity index is 275. The van der Waals surface area contributed by atoms with Crippen LogP contribution in [0.2, 0.25) is 0 Å². The number of nitrogens with zero attached hydrogens (tertiary/aromatic N) is 2. The van der Waals surface area contributed by atoms with Gasteiger partial charge in [-0.3, -0.25) is 0 Å². The third kappa shape index (κ3) is 3.22. The lowest BCUT2D eigenvalue weighted by molar-refractivity contribution is 0.420. The van der Waals surface area contributed by atoms with E-state index in [1.54, 1.807) is 0 Å². The van der Waals surface area contributed by atoms with Crippen molar-refractivity contribution in [3.05, 3.63) is 6.07 Å². The van der Waals surface area contributed by atoms with E-state index in [9.17, 15) is 0 Å². The standard InChI is InChI=1S/C9H17N3S/c1-9(2,3)6-12(4)8-5-7(10)11-13-8/h5H,6H2,1-4H3,(H2,10,11). The molecule has 0 aliphatic carbocycles. The fraction of sp³-hybridized carbons (Fsp3) is 0.667. The van der Waals surface area contributed by atoms with Gasteiger partial charge in [0.15, 0.2) is 0 Å². The summed E-state index contributed by atoms with van der Waals surface area (Å²) in [5, 5.41) is 1.13. The van der Waals surface area contributed by atoms with Crippen molar-refractivity contribution >= 4 is 22.4 Å². The molecule has 1 aromatic rings. The van der Waals surface area contributed by atoms with E-state index in [4.69, 9.17) is 5.73 Å². The van der Waals surface area contributed by atoms with Gasteiger partial charge in [-0.05, 0) is 16.9 Å². The van der Waals surface area contributed by atoms with Crippen molar-refractivity contribution in [2.24, 2.45) is 5.41 Å². The van der Waals surface area contributed by atoms with E-state index >= 15 is 0 Å². The second kappa shape index (κ2) is 3.54. The van der Waals surface area contributed by atoms with Crippen molar-refractivity contribution in [1.29, 1.82) is 0 Å². The topological polar surface area (TPSA) is 42.1 Å². The molecule has 74 valence electrons. The minimum atomic E-state index is 0.299. The normalized spacial score (nSPS) is 11.7. The van der Waals surface area contributed by atoms with Crippen molar-refractivity contribution in [2.45, 2.75) is 20.8 Å². The average Bonchev–Trinajstić information content (AvgIpc) is 2.31. The molecule has 4 heteroatoms. The second-order valence-electron chi connectivity index (χ2n) is 4.51. The smallest absolute Gasteiger partial charge is 0.139 e. The minimum absolute atomic E-state index is 0.299. The Kier molecular flexibility index (Phi) is 2.81. The molecule has 0 amide bonds. The number of rotatable bonds is 2. The number of hydrogen-bond donors (Lipinski definition) is 1. The van der Waals surface area contributed by atoms with Crippen molar-refractivity contribution in [1.82, 2.24) is 4.37 Å². The Labute approximate surface area is 83.7 Å². The van der Waals surface area contributed by atoms with E-state index in [1.807, 2.05) is 6.07 Å². The lowest BCUT2D eigenvalue weighted by Gasteiger charge is -2.26. The summed E-state index contributed by atoms with van der Waals surface area (Å²) >= 11 is 1.45. The maximum Gasteiger partial charge on any atom is 0.139 e. The molecule has 0 fully saturated rings. The molecule has 0 aliphatic heterocycles. The van der Waals surface area contributed by atoms with Crippen molar-refractivity contribution in [3.8, 4) is 0 Å². The Morgan fingerprint density at radius 1 is 1.54 bits per heavy atom. The molecule has 3 nitrogen and oxygen atoms in total. The maximum absolute atomic E-state index is 5.55. The lowest BCUT2D eigenvalue weighted by Crippen LogP contribution is -2.28. The minimum Gasteiger partial charge on any atom is -0.383 e. The van der Waals surface area contributed by atoms with Crippen LogP contribution in [0.5, 0.6) is 0 Å². The van der Waals surface area contributed by atoms with E-state index < -0.39 is 0 Å². The molecule has 0 aliphatic rings. The first kappa shape index (κ1) is 10.3. The summed E-state index contributed by atoms with van der Waals surface area (Å²) in [6.45, 7) is 7.66. The predicted octanol–water partition coefficient (Wildman–Crippen LogP) is 2.21. The van der Waals surface area contributed by atoms with Gasteiger partial charge in [-0.2, -0.15) is 4.37 Å². The van der Waals surface area contributed by atoms with E-state index in [2.05, 4.69) is 37.1 Å². The lowest BCUT2D eigenvalue weighted by atomic mass is 9.96.